The van der Waals surface area contributed by atoms with Crippen molar-refractivity contribution in [1.29, 1.82) is 0 Å². The minimum Gasteiger partial charge on any atom is -0.324 e. The number of alkyl halides is 6. The van der Waals surface area contributed by atoms with E-state index in [1.807, 2.05) is 0 Å². The van der Waals surface area contributed by atoms with Crippen LogP contribution in [0.1, 0.15) is 35.6 Å². The largest absolute Gasteiger partial charge is 0.416 e. The Kier molecular flexibility index (Phi) is 4.72. The molecule has 2 nitrogen and oxygen atoms in total. The summed E-state index contributed by atoms with van der Waals surface area (Å²) in [7, 11) is 0. The van der Waals surface area contributed by atoms with Crippen LogP contribution in [0.15, 0.2) is 18.2 Å². The summed E-state index contributed by atoms with van der Waals surface area (Å²) in [5.74, 6) is -0.134. The lowest BCUT2D eigenvalue weighted by molar-refractivity contribution is -0.143. The summed E-state index contributed by atoms with van der Waals surface area (Å²) in [6, 6.07) is 0.730. The summed E-state index contributed by atoms with van der Waals surface area (Å²) in [6.07, 6.45) is -8.44. The average Bonchev–Trinajstić information content (AvgIpc) is 2.45. The van der Waals surface area contributed by atoms with Gasteiger partial charge in [0.15, 0.2) is 0 Å². The molecule has 0 saturated carbocycles. The molecule has 0 unspecified atom stereocenters. The van der Waals surface area contributed by atoms with Crippen LogP contribution in [0, 0.1) is 5.92 Å². The zero-order valence-electron chi connectivity index (χ0n) is 11.6. The van der Waals surface area contributed by atoms with E-state index in [4.69, 9.17) is 5.73 Å². The third-order valence-corrected chi connectivity index (χ3v) is 3.89. The van der Waals surface area contributed by atoms with Crippen LogP contribution >= 0.6 is 0 Å². The smallest absolute Gasteiger partial charge is 0.324 e. The second-order valence-corrected chi connectivity index (χ2v) is 5.45. The number of benzene rings is 1. The molecule has 1 heterocycles. The Bertz CT molecular complexity index is 485. The molecular weight excluding hydrogens is 310 g/mol. The highest BCUT2D eigenvalue weighted by Crippen LogP contribution is 2.38. The van der Waals surface area contributed by atoms with E-state index in [0.717, 1.165) is 12.1 Å². The molecule has 1 fully saturated rings. The summed E-state index contributed by atoms with van der Waals surface area (Å²) in [4.78, 5) is 0. The van der Waals surface area contributed by atoms with Crippen molar-refractivity contribution in [2.75, 3.05) is 13.1 Å². The molecule has 0 radical (unpaired) electrons. The SMILES string of the molecule is N[C@@H](c1cc(C(F)(F)F)cc(C(F)(F)F)c1)C1CCNCC1. The zero-order chi connectivity index (χ0) is 16.5. The summed E-state index contributed by atoms with van der Waals surface area (Å²) < 4.78 is 76.9. The molecule has 1 aromatic carbocycles. The monoisotopic (exact) mass is 326 g/mol. The summed E-state index contributed by atoms with van der Waals surface area (Å²) in [5, 5.41) is 3.08. The van der Waals surface area contributed by atoms with Gasteiger partial charge in [0.2, 0.25) is 0 Å². The minimum absolute atomic E-state index is 0.117. The van der Waals surface area contributed by atoms with E-state index in [0.29, 0.717) is 25.9 Å². The van der Waals surface area contributed by atoms with Crippen LogP contribution in [0.5, 0.6) is 0 Å². The summed E-state index contributed by atoms with van der Waals surface area (Å²) in [5.41, 5.74) is 3.18. The van der Waals surface area contributed by atoms with E-state index in [9.17, 15) is 26.3 Å². The van der Waals surface area contributed by atoms with Gasteiger partial charge in [0, 0.05) is 6.04 Å². The predicted octanol–water partition coefficient (Wildman–Crippen LogP) is 3.72. The third-order valence-electron chi connectivity index (χ3n) is 3.89. The highest BCUT2D eigenvalue weighted by Gasteiger charge is 2.37. The van der Waals surface area contributed by atoms with Crippen molar-refractivity contribution in [2.24, 2.45) is 11.7 Å². The fraction of sp³-hybridized carbons (Fsp3) is 0.571. The molecule has 1 aliphatic rings. The summed E-state index contributed by atoms with van der Waals surface area (Å²) in [6.45, 7) is 1.31. The molecule has 0 bridgehead atoms. The van der Waals surface area contributed by atoms with Gasteiger partial charge < -0.3 is 11.1 Å². The van der Waals surface area contributed by atoms with Gasteiger partial charge in [-0.15, -0.1) is 0 Å². The molecule has 1 aliphatic heterocycles. The number of hydrogen-bond acceptors (Lipinski definition) is 2. The lowest BCUT2D eigenvalue weighted by Crippen LogP contribution is -2.34. The van der Waals surface area contributed by atoms with E-state index in [-0.39, 0.29) is 17.5 Å². The molecule has 0 spiro atoms. The Labute approximate surface area is 123 Å². The Morgan fingerprint density at radius 1 is 0.909 bits per heavy atom. The van der Waals surface area contributed by atoms with Gasteiger partial charge in [-0.2, -0.15) is 26.3 Å². The van der Waals surface area contributed by atoms with E-state index in [1.165, 1.54) is 0 Å². The Morgan fingerprint density at radius 3 is 1.77 bits per heavy atom. The molecular formula is C14H16F6N2. The van der Waals surface area contributed by atoms with Gasteiger partial charge in [-0.05, 0) is 55.6 Å². The van der Waals surface area contributed by atoms with Crippen LogP contribution in [0.25, 0.3) is 0 Å². The van der Waals surface area contributed by atoms with Crippen molar-refractivity contribution in [3.8, 4) is 0 Å². The van der Waals surface area contributed by atoms with Crippen LogP contribution in [0.2, 0.25) is 0 Å². The molecule has 0 amide bonds. The maximum Gasteiger partial charge on any atom is 0.416 e. The maximum atomic E-state index is 12.8. The second kappa shape index (κ2) is 6.08. The number of rotatable bonds is 2. The lowest BCUT2D eigenvalue weighted by Gasteiger charge is -2.29. The first-order chi connectivity index (χ1) is 10.1. The third kappa shape index (κ3) is 3.92. The van der Waals surface area contributed by atoms with Crippen molar-refractivity contribution in [1.82, 2.24) is 5.32 Å². The van der Waals surface area contributed by atoms with Gasteiger partial charge in [-0.25, -0.2) is 0 Å². The van der Waals surface area contributed by atoms with E-state index in [2.05, 4.69) is 5.32 Å². The zero-order valence-corrected chi connectivity index (χ0v) is 11.6. The molecule has 1 atom stereocenters. The van der Waals surface area contributed by atoms with Crippen molar-refractivity contribution in [2.45, 2.75) is 31.2 Å². The highest BCUT2D eigenvalue weighted by atomic mass is 19.4. The number of nitrogens with two attached hydrogens (primary N) is 1. The van der Waals surface area contributed by atoms with E-state index < -0.39 is 29.5 Å². The average molecular weight is 326 g/mol. The first-order valence-electron chi connectivity index (χ1n) is 6.84. The molecule has 0 aliphatic carbocycles. The van der Waals surface area contributed by atoms with Crippen molar-refractivity contribution in [3.05, 3.63) is 34.9 Å². The Morgan fingerprint density at radius 2 is 1.36 bits per heavy atom. The molecule has 3 N–H and O–H groups in total. The molecule has 8 heteroatoms. The molecule has 1 saturated heterocycles. The van der Waals surface area contributed by atoms with Crippen molar-refractivity contribution >= 4 is 0 Å². The number of piperidine rings is 1. The van der Waals surface area contributed by atoms with Crippen LogP contribution in [-0.2, 0) is 12.4 Å². The molecule has 124 valence electrons. The molecule has 2 rings (SSSR count). The normalized spacial score (nSPS) is 19.2. The second-order valence-electron chi connectivity index (χ2n) is 5.45. The first kappa shape index (κ1) is 17.1. The number of nitrogens with one attached hydrogen (secondary N) is 1. The van der Waals surface area contributed by atoms with Crippen molar-refractivity contribution < 1.29 is 26.3 Å². The highest BCUT2D eigenvalue weighted by molar-refractivity contribution is 5.35. The van der Waals surface area contributed by atoms with Crippen LogP contribution in [0.3, 0.4) is 0 Å². The van der Waals surface area contributed by atoms with Gasteiger partial charge in [0.25, 0.3) is 0 Å². The molecule has 22 heavy (non-hydrogen) atoms. The van der Waals surface area contributed by atoms with E-state index >= 15 is 0 Å². The van der Waals surface area contributed by atoms with Crippen molar-refractivity contribution in [3.63, 3.8) is 0 Å². The van der Waals surface area contributed by atoms with Crippen LogP contribution in [0.4, 0.5) is 26.3 Å². The number of halogens is 6. The predicted molar refractivity (Wildman–Crippen MR) is 69.0 cm³/mol. The lowest BCUT2D eigenvalue weighted by atomic mass is 9.85. The molecule has 0 aromatic heterocycles. The fourth-order valence-electron chi connectivity index (χ4n) is 2.65. The fourth-order valence-corrected chi connectivity index (χ4v) is 2.65. The van der Waals surface area contributed by atoms with Gasteiger partial charge in [0.05, 0.1) is 11.1 Å². The van der Waals surface area contributed by atoms with Gasteiger partial charge in [-0.1, -0.05) is 0 Å². The van der Waals surface area contributed by atoms with Gasteiger partial charge >= 0.3 is 12.4 Å². The Balaban J connectivity index is 2.41. The number of hydrogen-bond donors (Lipinski definition) is 2. The maximum absolute atomic E-state index is 12.8. The topological polar surface area (TPSA) is 38.0 Å². The minimum atomic E-state index is -4.84. The van der Waals surface area contributed by atoms with Crippen LogP contribution < -0.4 is 11.1 Å². The first-order valence-corrected chi connectivity index (χ1v) is 6.84. The van der Waals surface area contributed by atoms with Gasteiger partial charge in [0.1, 0.15) is 0 Å². The molecule has 1 aromatic rings. The Hall–Kier alpha value is -1.28. The van der Waals surface area contributed by atoms with E-state index in [1.54, 1.807) is 0 Å². The quantitative estimate of drug-likeness (QED) is 0.813. The summed E-state index contributed by atoms with van der Waals surface area (Å²) >= 11 is 0. The standard InChI is InChI=1S/C14H16F6N2/c15-13(16,17)10-5-9(6-11(7-10)14(18,19)20)12(21)8-1-3-22-4-2-8/h5-8,12,22H,1-4,21H2/t12-/m1/s1. The van der Waals surface area contributed by atoms with Crippen LogP contribution in [-0.4, -0.2) is 13.1 Å². The van der Waals surface area contributed by atoms with Gasteiger partial charge in [-0.3, -0.25) is 0 Å².